The smallest absolute Gasteiger partial charge is 0.347 e. The molecule has 0 atom stereocenters. The first-order valence-corrected chi connectivity index (χ1v) is 12.7. The quantitative estimate of drug-likeness (QED) is 0.248. The van der Waals surface area contributed by atoms with E-state index in [1.54, 1.807) is 23.5 Å². The Morgan fingerprint density at radius 3 is 2.66 bits per heavy atom. The molecule has 0 radical (unpaired) electrons. The van der Waals surface area contributed by atoms with Crippen LogP contribution in [0.3, 0.4) is 0 Å². The molecule has 0 aliphatic rings. The minimum Gasteiger partial charge on any atom is -0.478 e. The number of carbonyl (C=O) groups is 1. The van der Waals surface area contributed by atoms with E-state index < -0.39 is 11.6 Å². The second-order valence-electron chi connectivity index (χ2n) is 8.61. The van der Waals surface area contributed by atoms with Crippen molar-refractivity contribution in [1.82, 2.24) is 15.3 Å². The number of aromatic nitrogens is 2. The summed E-state index contributed by atoms with van der Waals surface area (Å²) >= 11 is 5.10. The number of aliphatic carboxylic acids is 1. The highest BCUT2D eigenvalue weighted by Crippen LogP contribution is 2.26. The first-order valence-electron chi connectivity index (χ1n) is 11.1. The van der Waals surface area contributed by atoms with Crippen LogP contribution in [-0.4, -0.2) is 26.6 Å². The second-order valence-corrected chi connectivity index (χ2v) is 10.5. The van der Waals surface area contributed by atoms with Crippen LogP contribution in [0.4, 0.5) is 0 Å². The van der Waals surface area contributed by atoms with E-state index in [1.807, 2.05) is 43.3 Å². The zero-order valence-electron chi connectivity index (χ0n) is 19.7. The van der Waals surface area contributed by atoms with Crippen LogP contribution < -0.4 is 10.1 Å². The van der Waals surface area contributed by atoms with Crippen LogP contribution in [-0.2, 0) is 24.3 Å². The number of nitrogens with one attached hydrogen (secondary N) is 1. The van der Waals surface area contributed by atoms with Crippen LogP contribution in [0, 0.1) is 6.92 Å². The zero-order chi connectivity index (χ0) is 25.0. The van der Waals surface area contributed by atoms with Crippen molar-refractivity contribution < 1.29 is 19.1 Å². The highest BCUT2D eigenvalue weighted by Gasteiger charge is 2.29. The molecule has 0 saturated heterocycles. The summed E-state index contributed by atoms with van der Waals surface area (Å²) in [7, 11) is 0. The zero-order valence-corrected chi connectivity index (χ0v) is 22.1. The van der Waals surface area contributed by atoms with Gasteiger partial charge in [0.25, 0.3) is 0 Å². The molecule has 4 rings (SSSR count). The van der Waals surface area contributed by atoms with Crippen molar-refractivity contribution in [3.05, 3.63) is 86.1 Å². The fourth-order valence-electron chi connectivity index (χ4n) is 3.34. The van der Waals surface area contributed by atoms with Gasteiger partial charge in [-0.05, 0) is 56.7 Å². The third-order valence-electron chi connectivity index (χ3n) is 5.33. The molecule has 4 aromatic rings. The van der Waals surface area contributed by atoms with Crippen LogP contribution in [0.25, 0.3) is 11.5 Å². The predicted molar refractivity (Wildman–Crippen MR) is 139 cm³/mol. The summed E-state index contributed by atoms with van der Waals surface area (Å²) in [6.45, 7) is 6.28. The number of carboxylic acids is 1. The first kappa shape index (κ1) is 25.1. The lowest BCUT2D eigenvalue weighted by Gasteiger charge is -2.21. The largest absolute Gasteiger partial charge is 0.478 e. The molecule has 0 fully saturated rings. The molecule has 0 aliphatic heterocycles. The monoisotopic (exact) mass is 555 g/mol. The van der Waals surface area contributed by atoms with Crippen molar-refractivity contribution in [2.45, 2.75) is 45.9 Å². The van der Waals surface area contributed by atoms with E-state index >= 15 is 0 Å². The van der Waals surface area contributed by atoms with Gasteiger partial charge in [-0.1, -0.05) is 34.1 Å². The van der Waals surface area contributed by atoms with Gasteiger partial charge in [-0.15, -0.1) is 11.3 Å². The van der Waals surface area contributed by atoms with Crippen LogP contribution in [0.5, 0.6) is 5.75 Å². The number of aryl methyl sites for hydroxylation is 1. The van der Waals surface area contributed by atoms with E-state index in [-0.39, 0.29) is 0 Å². The molecule has 0 unspecified atom stereocenters. The topological polar surface area (TPSA) is 97.5 Å². The van der Waals surface area contributed by atoms with Gasteiger partial charge < -0.3 is 19.6 Å². The third-order valence-corrected chi connectivity index (χ3v) is 6.72. The molecule has 2 N–H and O–H groups in total. The highest BCUT2D eigenvalue weighted by atomic mass is 79.9. The van der Waals surface area contributed by atoms with Crippen molar-refractivity contribution in [2.75, 3.05) is 0 Å². The van der Waals surface area contributed by atoms with Crippen LogP contribution in [0.15, 0.2) is 62.8 Å². The van der Waals surface area contributed by atoms with Gasteiger partial charge in [-0.3, -0.25) is 0 Å². The summed E-state index contributed by atoms with van der Waals surface area (Å²) in [5.41, 5.74) is 2.60. The lowest BCUT2D eigenvalue weighted by atomic mass is 10.1. The number of halogens is 1. The number of carboxylic acid groups (broad SMARTS) is 1. The number of benzene rings is 2. The fraction of sp³-hybridized carbons (Fsp3) is 0.269. The maximum Gasteiger partial charge on any atom is 0.347 e. The Hall–Kier alpha value is -3.01. The molecule has 0 spiro atoms. The fourth-order valence-corrected chi connectivity index (χ4v) is 4.54. The Morgan fingerprint density at radius 2 is 1.94 bits per heavy atom. The predicted octanol–water partition coefficient (Wildman–Crippen LogP) is 5.99. The van der Waals surface area contributed by atoms with E-state index in [1.165, 1.54) is 13.8 Å². The summed E-state index contributed by atoms with van der Waals surface area (Å²) in [6, 6.07) is 15.3. The van der Waals surface area contributed by atoms with Gasteiger partial charge in [0.05, 0.1) is 16.4 Å². The van der Waals surface area contributed by atoms with Gasteiger partial charge in [0.15, 0.2) is 5.60 Å². The summed E-state index contributed by atoms with van der Waals surface area (Å²) < 4.78 is 12.4. The summed E-state index contributed by atoms with van der Waals surface area (Å²) in [5.74, 6) is 0.931. The molecule has 7 nitrogen and oxygen atoms in total. The van der Waals surface area contributed by atoms with Crippen molar-refractivity contribution in [2.24, 2.45) is 0 Å². The first-order chi connectivity index (χ1) is 16.7. The SMILES string of the molecule is Cc1oc(-c2cccc(Br)c2)nc1Cc1nc(CNCc2ccc(OC(C)(C)C(=O)O)cc2)cs1. The van der Waals surface area contributed by atoms with Crippen LogP contribution >= 0.6 is 27.3 Å². The lowest BCUT2D eigenvalue weighted by molar-refractivity contribution is -0.152. The Balaban J connectivity index is 1.30. The molecule has 0 bridgehead atoms. The van der Waals surface area contributed by atoms with Gasteiger partial charge >= 0.3 is 5.97 Å². The summed E-state index contributed by atoms with van der Waals surface area (Å²) in [5, 5.41) is 15.6. The van der Waals surface area contributed by atoms with E-state index in [0.717, 1.165) is 37.8 Å². The lowest BCUT2D eigenvalue weighted by Crippen LogP contribution is -2.37. The van der Waals surface area contributed by atoms with E-state index in [9.17, 15) is 9.90 Å². The number of hydrogen-bond donors (Lipinski definition) is 2. The Morgan fingerprint density at radius 1 is 1.17 bits per heavy atom. The number of nitrogens with zero attached hydrogens (tertiary/aromatic N) is 2. The summed E-state index contributed by atoms with van der Waals surface area (Å²) in [6.07, 6.45) is 0.627. The van der Waals surface area contributed by atoms with Crippen molar-refractivity contribution in [3.63, 3.8) is 0 Å². The molecule has 2 aromatic carbocycles. The molecule has 2 heterocycles. The van der Waals surface area contributed by atoms with Gasteiger partial charge in [-0.2, -0.15) is 0 Å². The van der Waals surface area contributed by atoms with Crippen LogP contribution in [0.2, 0.25) is 0 Å². The van der Waals surface area contributed by atoms with Gasteiger partial charge in [0.1, 0.15) is 11.5 Å². The maximum atomic E-state index is 11.2. The van der Waals surface area contributed by atoms with E-state index in [0.29, 0.717) is 31.2 Å². The number of hydrogen-bond acceptors (Lipinski definition) is 7. The molecular formula is C26H26BrN3O4S. The maximum absolute atomic E-state index is 11.2. The Bertz CT molecular complexity index is 1310. The molecule has 0 aliphatic carbocycles. The van der Waals surface area contributed by atoms with Gasteiger partial charge in [0, 0.05) is 34.9 Å². The normalized spacial score (nSPS) is 11.5. The van der Waals surface area contributed by atoms with E-state index in [4.69, 9.17) is 14.1 Å². The molecule has 0 saturated carbocycles. The number of oxazole rings is 1. The van der Waals surface area contributed by atoms with Crippen LogP contribution in [0.1, 0.15) is 41.6 Å². The van der Waals surface area contributed by atoms with Gasteiger partial charge in [0.2, 0.25) is 5.89 Å². The number of rotatable bonds is 10. The molecule has 0 amide bonds. The molecule has 2 aromatic heterocycles. The van der Waals surface area contributed by atoms with Crippen molar-refractivity contribution in [3.8, 4) is 17.2 Å². The van der Waals surface area contributed by atoms with E-state index in [2.05, 4.69) is 31.6 Å². The minimum absolute atomic E-state index is 0.525. The summed E-state index contributed by atoms with van der Waals surface area (Å²) in [4.78, 5) is 20.6. The third kappa shape index (κ3) is 6.56. The van der Waals surface area contributed by atoms with Gasteiger partial charge in [-0.25, -0.2) is 14.8 Å². The number of thiazole rings is 1. The van der Waals surface area contributed by atoms with Crippen molar-refractivity contribution in [1.29, 1.82) is 0 Å². The second kappa shape index (κ2) is 10.7. The molecule has 182 valence electrons. The Kier molecular flexibility index (Phi) is 7.69. The average Bonchev–Trinajstić information content (AvgIpc) is 3.41. The van der Waals surface area contributed by atoms with Crippen molar-refractivity contribution >= 4 is 33.2 Å². The Labute approximate surface area is 216 Å². The minimum atomic E-state index is -1.27. The highest BCUT2D eigenvalue weighted by molar-refractivity contribution is 9.10. The molecule has 9 heteroatoms. The average molecular weight is 556 g/mol. The molecule has 35 heavy (non-hydrogen) atoms. The standard InChI is InChI=1S/C26H26BrN3O4S/c1-16-22(30-24(33-16)18-5-4-6-19(27)11-18)12-23-29-20(15-35-23)14-28-13-17-7-9-21(10-8-17)34-26(2,3)25(31)32/h4-11,15,28H,12-14H2,1-3H3,(H,31,32). The molecular weight excluding hydrogens is 530 g/mol. The number of ether oxygens (including phenoxy) is 1.